The number of benzene rings is 1. The first-order valence-corrected chi connectivity index (χ1v) is 6.00. The van der Waals surface area contributed by atoms with Gasteiger partial charge in [-0.1, -0.05) is 26.0 Å². The second-order valence-corrected chi connectivity index (χ2v) is 5.03. The van der Waals surface area contributed by atoms with Gasteiger partial charge in [0.1, 0.15) is 5.75 Å². The van der Waals surface area contributed by atoms with Crippen molar-refractivity contribution in [1.82, 2.24) is 4.90 Å². The largest absolute Gasteiger partial charge is 0.463 e. The number of nitrogens with zero attached hydrogens (tertiary/aromatic N) is 1. The van der Waals surface area contributed by atoms with E-state index in [1.54, 1.807) is 0 Å². The highest BCUT2D eigenvalue weighted by Gasteiger charge is 2.12. The molecule has 3 heteroatoms. The van der Waals surface area contributed by atoms with Crippen molar-refractivity contribution in [2.24, 2.45) is 0 Å². The van der Waals surface area contributed by atoms with Gasteiger partial charge in [0.15, 0.2) is 0 Å². The summed E-state index contributed by atoms with van der Waals surface area (Å²) >= 11 is 0. The fourth-order valence-corrected chi connectivity index (χ4v) is 1.72. The lowest BCUT2D eigenvalue weighted by Crippen LogP contribution is -2.30. The average molecular weight is 237 g/mol. The van der Waals surface area contributed by atoms with E-state index < -0.39 is 6.29 Å². The van der Waals surface area contributed by atoms with Crippen molar-refractivity contribution < 1.29 is 9.84 Å². The molecule has 0 aliphatic carbocycles. The predicted molar refractivity (Wildman–Crippen MR) is 70.5 cm³/mol. The zero-order valence-electron chi connectivity index (χ0n) is 11.4. The molecule has 1 aromatic carbocycles. The monoisotopic (exact) mass is 237 g/mol. The van der Waals surface area contributed by atoms with E-state index in [1.807, 2.05) is 32.0 Å². The number of aryl methyl sites for hydroxylation is 1. The summed E-state index contributed by atoms with van der Waals surface area (Å²) in [5, 5.41) is 9.81. The highest BCUT2D eigenvalue weighted by Crippen LogP contribution is 2.28. The van der Waals surface area contributed by atoms with Gasteiger partial charge in [0.25, 0.3) is 0 Å². The Hall–Kier alpha value is -1.06. The van der Waals surface area contributed by atoms with Crippen LogP contribution in [0.25, 0.3) is 0 Å². The van der Waals surface area contributed by atoms with E-state index in [9.17, 15) is 5.11 Å². The summed E-state index contributed by atoms with van der Waals surface area (Å²) < 4.78 is 5.61. The Kier molecular flexibility index (Phi) is 4.97. The zero-order valence-corrected chi connectivity index (χ0v) is 11.4. The topological polar surface area (TPSA) is 32.7 Å². The molecule has 0 aliphatic rings. The zero-order chi connectivity index (χ0) is 13.0. The maximum absolute atomic E-state index is 9.81. The number of hydrogen-bond acceptors (Lipinski definition) is 3. The number of aliphatic hydroxyl groups excluding tert-OH is 1. The lowest BCUT2D eigenvalue weighted by atomic mass is 10.0. The molecule has 17 heavy (non-hydrogen) atoms. The summed E-state index contributed by atoms with van der Waals surface area (Å²) in [4.78, 5) is 1.90. The van der Waals surface area contributed by atoms with Gasteiger partial charge in [0.05, 0.1) is 6.54 Å². The Labute approximate surface area is 104 Å². The van der Waals surface area contributed by atoms with Crippen LogP contribution in [0.5, 0.6) is 5.75 Å². The molecule has 0 radical (unpaired) electrons. The Balaban J connectivity index is 2.84. The maximum Gasteiger partial charge on any atom is 0.210 e. The Morgan fingerprint density at radius 1 is 1.29 bits per heavy atom. The van der Waals surface area contributed by atoms with Gasteiger partial charge in [-0.05, 0) is 44.1 Å². The summed E-state index contributed by atoms with van der Waals surface area (Å²) in [6.45, 7) is 6.76. The molecule has 0 aromatic heterocycles. The van der Waals surface area contributed by atoms with Crippen LogP contribution in [0.1, 0.15) is 30.9 Å². The maximum atomic E-state index is 9.81. The van der Waals surface area contributed by atoms with Gasteiger partial charge in [-0.3, -0.25) is 0 Å². The number of ether oxygens (including phenoxy) is 1. The van der Waals surface area contributed by atoms with Crippen molar-refractivity contribution in [3.63, 3.8) is 0 Å². The first-order valence-electron chi connectivity index (χ1n) is 6.00. The molecule has 0 amide bonds. The van der Waals surface area contributed by atoms with Crippen LogP contribution in [0.2, 0.25) is 0 Å². The SMILES string of the molecule is Cc1ccc(C(C)C)c(OC(O)CN(C)C)c1. The van der Waals surface area contributed by atoms with Crippen LogP contribution in [0, 0.1) is 6.92 Å². The smallest absolute Gasteiger partial charge is 0.210 e. The third kappa shape index (κ3) is 4.36. The van der Waals surface area contributed by atoms with Gasteiger partial charge in [0, 0.05) is 0 Å². The van der Waals surface area contributed by atoms with E-state index >= 15 is 0 Å². The van der Waals surface area contributed by atoms with Crippen molar-refractivity contribution in [2.75, 3.05) is 20.6 Å². The second-order valence-electron chi connectivity index (χ2n) is 5.03. The molecule has 0 saturated carbocycles. The van der Waals surface area contributed by atoms with Crippen molar-refractivity contribution >= 4 is 0 Å². The molecule has 96 valence electrons. The van der Waals surface area contributed by atoms with Crippen LogP contribution in [0.3, 0.4) is 0 Å². The Bertz CT molecular complexity index is 361. The molecule has 0 fully saturated rings. The van der Waals surface area contributed by atoms with Gasteiger partial charge >= 0.3 is 0 Å². The summed E-state index contributed by atoms with van der Waals surface area (Å²) in [6.07, 6.45) is -0.788. The van der Waals surface area contributed by atoms with Crippen molar-refractivity contribution in [3.8, 4) is 5.75 Å². The number of hydrogen-bond donors (Lipinski definition) is 1. The Morgan fingerprint density at radius 2 is 1.94 bits per heavy atom. The van der Waals surface area contributed by atoms with Crippen molar-refractivity contribution in [1.29, 1.82) is 0 Å². The van der Waals surface area contributed by atoms with Crippen LogP contribution in [-0.4, -0.2) is 36.9 Å². The molecule has 0 aliphatic heterocycles. The summed E-state index contributed by atoms with van der Waals surface area (Å²) in [7, 11) is 3.82. The van der Waals surface area contributed by atoms with Crippen LogP contribution in [0.15, 0.2) is 18.2 Å². The number of likely N-dealkylation sites (N-methyl/N-ethyl adjacent to an activating group) is 1. The lowest BCUT2D eigenvalue weighted by Gasteiger charge is -2.21. The van der Waals surface area contributed by atoms with Crippen molar-refractivity contribution in [2.45, 2.75) is 33.0 Å². The van der Waals surface area contributed by atoms with E-state index in [2.05, 4.69) is 26.0 Å². The van der Waals surface area contributed by atoms with Gasteiger partial charge in [-0.2, -0.15) is 0 Å². The molecule has 1 N–H and O–H groups in total. The minimum atomic E-state index is -0.788. The molecular weight excluding hydrogens is 214 g/mol. The third-order valence-corrected chi connectivity index (χ3v) is 2.58. The van der Waals surface area contributed by atoms with E-state index in [0.717, 1.165) is 16.9 Å². The fourth-order valence-electron chi connectivity index (χ4n) is 1.72. The van der Waals surface area contributed by atoms with Crippen LogP contribution in [-0.2, 0) is 0 Å². The van der Waals surface area contributed by atoms with E-state index in [0.29, 0.717) is 12.5 Å². The van der Waals surface area contributed by atoms with Gasteiger partial charge in [0.2, 0.25) is 6.29 Å². The lowest BCUT2D eigenvalue weighted by molar-refractivity contribution is -0.0334. The predicted octanol–water partition coefficient (Wildman–Crippen LogP) is 2.38. The molecule has 0 bridgehead atoms. The van der Waals surface area contributed by atoms with E-state index in [1.165, 1.54) is 0 Å². The highest BCUT2D eigenvalue weighted by atomic mass is 16.6. The number of rotatable bonds is 5. The van der Waals surface area contributed by atoms with Gasteiger partial charge < -0.3 is 14.7 Å². The number of aliphatic hydroxyl groups is 1. The molecule has 1 aromatic rings. The van der Waals surface area contributed by atoms with Gasteiger partial charge in [-0.25, -0.2) is 0 Å². The fraction of sp³-hybridized carbons (Fsp3) is 0.571. The molecule has 0 spiro atoms. The van der Waals surface area contributed by atoms with E-state index in [4.69, 9.17) is 4.74 Å². The first kappa shape index (κ1) is 14.0. The van der Waals surface area contributed by atoms with Gasteiger partial charge in [-0.15, -0.1) is 0 Å². The first-order chi connectivity index (χ1) is 7.90. The Morgan fingerprint density at radius 3 is 2.47 bits per heavy atom. The summed E-state index contributed by atoms with van der Waals surface area (Å²) in [6, 6.07) is 6.12. The molecule has 1 rings (SSSR count). The summed E-state index contributed by atoms with van der Waals surface area (Å²) in [5.41, 5.74) is 2.27. The minimum absolute atomic E-state index is 0.386. The molecular formula is C14H23NO2. The standard InChI is InChI=1S/C14H23NO2/c1-10(2)12-7-6-11(3)8-13(12)17-14(16)9-15(4)5/h6-8,10,14,16H,9H2,1-5H3. The highest BCUT2D eigenvalue weighted by molar-refractivity contribution is 5.39. The molecule has 0 heterocycles. The average Bonchev–Trinajstić information content (AvgIpc) is 2.15. The third-order valence-electron chi connectivity index (χ3n) is 2.58. The molecule has 1 atom stereocenters. The molecule has 3 nitrogen and oxygen atoms in total. The van der Waals surface area contributed by atoms with Crippen molar-refractivity contribution in [3.05, 3.63) is 29.3 Å². The molecule has 1 unspecified atom stereocenters. The van der Waals surface area contributed by atoms with Crippen LogP contribution < -0.4 is 4.74 Å². The second kappa shape index (κ2) is 6.03. The quantitative estimate of drug-likeness (QED) is 0.798. The molecule has 0 saturated heterocycles. The van der Waals surface area contributed by atoms with Crippen LogP contribution >= 0.6 is 0 Å². The summed E-state index contributed by atoms with van der Waals surface area (Å²) in [5.74, 6) is 1.17. The van der Waals surface area contributed by atoms with Crippen LogP contribution in [0.4, 0.5) is 0 Å². The minimum Gasteiger partial charge on any atom is -0.463 e. The van der Waals surface area contributed by atoms with E-state index in [-0.39, 0.29) is 0 Å². The normalized spacial score (nSPS) is 13.2.